The van der Waals surface area contributed by atoms with Gasteiger partial charge < -0.3 is 14.6 Å². The summed E-state index contributed by atoms with van der Waals surface area (Å²) in [5.74, 6) is 0.575. The molecule has 1 amide bonds. The molecule has 1 aromatic carbocycles. The first-order chi connectivity index (χ1) is 16.4. The van der Waals surface area contributed by atoms with Crippen molar-refractivity contribution in [2.75, 3.05) is 49.1 Å². The molecule has 8 nitrogen and oxygen atoms in total. The van der Waals surface area contributed by atoms with Gasteiger partial charge in [-0.1, -0.05) is 40.0 Å². The lowest BCUT2D eigenvalue weighted by Gasteiger charge is -2.38. The Kier molecular flexibility index (Phi) is 6.75. The summed E-state index contributed by atoms with van der Waals surface area (Å²) in [5.41, 5.74) is 4.04. The summed E-state index contributed by atoms with van der Waals surface area (Å²) < 4.78 is 0. The van der Waals surface area contributed by atoms with Gasteiger partial charge in [-0.25, -0.2) is 9.99 Å². The van der Waals surface area contributed by atoms with Gasteiger partial charge in [0.2, 0.25) is 0 Å². The Bertz CT molecular complexity index is 1100. The van der Waals surface area contributed by atoms with Crippen LogP contribution in [0.1, 0.15) is 19.3 Å². The highest BCUT2D eigenvalue weighted by molar-refractivity contribution is 6.42. The van der Waals surface area contributed by atoms with Crippen LogP contribution in [0.25, 0.3) is 0 Å². The third-order valence-corrected chi connectivity index (χ3v) is 7.66. The number of carbonyl (C=O) groups is 1. The van der Waals surface area contributed by atoms with Gasteiger partial charge in [-0.15, -0.1) is 0 Å². The maximum Gasteiger partial charge on any atom is 0.283 e. The lowest BCUT2D eigenvalue weighted by molar-refractivity contribution is -0.119. The van der Waals surface area contributed by atoms with Gasteiger partial charge >= 0.3 is 0 Å². The number of piperidine rings is 1. The van der Waals surface area contributed by atoms with Crippen molar-refractivity contribution in [3.63, 3.8) is 0 Å². The number of nitrogens with one attached hydrogen (secondary N) is 1. The molecule has 4 heterocycles. The molecule has 180 valence electrons. The lowest BCUT2D eigenvalue weighted by Crippen LogP contribution is -2.55. The van der Waals surface area contributed by atoms with E-state index < -0.39 is 5.60 Å². The summed E-state index contributed by atoms with van der Waals surface area (Å²) in [4.78, 5) is 27.4. The Hall–Kier alpha value is -2.26. The molecule has 0 aliphatic carbocycles. The van der Waals surface area contributed by atoms with Crippen LogP contribution in [0.4, 0.5) is 11.5 Å². The number of hydrogen-bond donors (Lipinski definition) is 1. The fourth-order valence-corrected chi connectivity index (χ4v) is 5.15. The number of aromatic nitrogens is 1. The van der Waals surface area contributed by atoms with E-state index in [-0.39, 0.29) is 5.91 Å². The summed E-state index contributed by atoms with van der Waals surface area (Å²) >= 11 is 18.5. The molecule has 2 aromatic rings. The average molecular weight is 524 g/mol. The molecule has 11 heteroatoms. The first-order valence-electron chi connectivity index (χ1n) is 11.3. The summed E-state index contributed by atoms with van der Waals surface area (Å²) in [6.07, 6.45) is 3.80. The zero-order valence-electron chi connectivity index (χ0n) is 18.5. The quantitative estimate of drug-likeness (QED) is 0.653. The third-order valence-electron chi connectivity index (χ3n) is 6.62. The second-order valence-corrected chi connectivity index (χ2v) is 10.0. The Morgan fingerprint density at radius 2 is 1.71 bits per heavy atom. The molecule has 2 saturated heterocycles. The van der Waals surface area contributed by atoms with Gasteiger partial charge in [0.05, 0.1) is 15.1 Å². The van der Waals surface area contributed by atoms with E-state index >= 15 is 0 Å². The number of nitrogens with zero attached hydrogens (tertiary/aromatic N) is 5. The molecule has 3 aliphatic heterocycles. The van der Waals surface area contributed by atoms with Crippen LogP contribution in [-0.2, 0) is 9.63 Å². The van der Waals surface area contributed by atoms with Gasteiger partial charge in [0.15, 0.2) is 0 Å². The van der Waals surface area contributed by atoms with Crippen molar-refractivity contribution in [3.8, 4) is 0 Å². The van der Waals surface area contributed by atoms with Crippen LogP contribution < -0.4 is 15.2 Å². The molecule has 0 radical (unpaired) electrons. The molecule has 5 rings (SSSR count). The highest BCUT2D eigenvalue weighted by atomic mass is 35.5. The van der Waals surface area contributed by atoms with E-state index in [1.165, 1.54) is 0 Å². The summed E-state index contributed by atoms with van der Waals surface area (Å²) in [7, 11) is 0. The van der Waals surface area contributed by atoms with Crippen molar-refractivity contribution < 1.29 is 9.63 Å². The van der Waals surface area contributed by atoms with Crippen molar-refractivity contribution in [1.82, 2.24) is 15.4 Å². The van der Waals surface area contributed by atoms with Gasteiger partial charge in [0.25, 0.3) is 5.91 Å². The smallest absolute Gasteiger partial charge is 0.283 e. The van der Waals surface area contributed by atoms with Crippen LogP contribution in [-0.4, -0.2) is 66.5 Å². The SMILES string of the molecule is O=C(NN1CCN(c2ncccc2Cl)CC1)C1=NOC2(CCN(c3ccc(Cl)c(Cl)c3)CC2)C1. The summed E-state index contributed by atoms with van der Waals surface area (Å²) in [6, 6.07) is 9.32. The zero-order chi connectivity index (χ0) is 23.7. The van der Waals surface area contributed by atoms with Crippen LogP contribution in [0.15, 0.2) is 41.7 Å². The maximum atomic E-state index is 12.9. The Balaban J connectivity index is 1.10. The van der Waals surface area contributed by atoms with Crippen molar-refractivity contribution in [2.24, 2.45) is 5.16 Å². The number of hydrazine groups is 1. The summed E-state index contributed by atoms with van der Waals surface area (Å²) in [5, 5.41) is 7.79. The summed E-state index contributed by atoms with van der Waals surface area (Å²) in [6.45, 7) is 4.34. The largest absolute Gasteiger partial charge is 0.388 e. The Morgan fingerprint density at radius 1 is 0.941 bits per heavy atom. The standard InChI is InChI=1S/C23H25Cl3N6O2/c24-17-4-3-16(14-19(17)26)30-8-5-23(6-9-30)15-20(29-34-23)22(33)28-32-12-10-31(11-13-32)21-18(25)2-1-7-27-21/h1-4,7,14H,5-6,8-13,15H2,(H,28,33). The van der Waals surface area contributed by atoms with Gasteiger partial charge in [0, 0.05) is 70.4 Å². The second kappa shape index (κ2) is 9.77. The number of carbonyl (C=O) groups excluding carboxylic acids is 1. The number of halogens is 3. The van der Waals surface area contributed by atoms with Crippen LogP contribution >= 0.6 is 34.8 Å². The minimum Gasteiger partial charge on any atom is -0.388 e. The molecule has 1 aromatic heterocycles. The Labute approximate surface area is 213 Å². The predicted molar refractivity (Wildman–Crippen MR) is 135 cm³/mol. The molecular formula is C23H25Cl3N6O2. The van der Waals surface area contributed by atoms with Gasteiger partial charge in [-0.05, 0) is 30.3 Å². The first kappa shape index (κ1) is 23.5. The normalized spacial score (nSPS) is 20.3. The van der Waals surface area contributed by atoms with E-state index in [1.807, 2.05) is 35.3 Å². The van der Waals surface area contributed by atoms with E-state index in [9.17, 15) is 4.79 Å². The van der Waals surface area contributed by atoms with Crippen molar-refractivity contribution in [3.05, 3.63) is 51.6 Å². The molecule has 0 bridgehead atoms. The molecule has 0 saturated carbocycles. The molecular weight excluding hydrogens is 499 g/mol. The highest BCUT2D eigenvalue weighted by Gasteiger charge is 2.44. The first-order valence-corrected chi connectivity index (χ1v) is 12.4. The minimum absolute atomic E-state index is 0.201. The van der Waals surface area contributed by atoms with Crippen molar-refractivity contribution in [2.45, 2.75) is 24.9 Å². The average Bonchev–Trinajstić information content (AvgIpc) is 3.26. The van der Waals surface area contributed by atoms with Crippen LogP contribution in [0, 0.1) is 0 Å². The van der Waals surface area contributed by atoms with E-state index in [0.717, 1.165) is 37.4 Å². The number of amides is 1. The van der Waals surface area contributed by atoms with E-state index in [0.29, 0.717) is 53.4 Å². The van der Waals surface area contributed by atoms with Gasteiger partial charge in [-0.3, -0.25) is 10.2 Å². The molecule has 34 heavy (non-hydrogen) atoms. The molecule has 0 atom stereocenters. The minimum atomic E-state index is -0.423. The lowest BCUT2D eigenvalue weighted by atomic mass is 9.86. The van der Waals surface area contributed by atoms with E-state index in [2.05, 4.69) is 25.4 Å². The molecule has 3 aliphatic rings. The predicted octanol–water partition coefficient (Wildman–Crippen LogP) is 4.01. The molecule has 2 fully saturated rings. The van der Waals surface area contributed by atoms with Crippen LogP contribution in [0.2, 0.25) is 15.1 Å². The van der Waals surface area contributed by atoms with Gasteiger partial charge in [-0.2, -0.15) is 0 Å². The highest BCUT2D eigenvalue weighted by Crippen LogP contribution is 2.37. The van der Waals surface area contributed by atoms with Gasteiger partial charge in [0.1, 0.15) is 17.1 Å². The van der Waals surface area contributed by atoms with Crippen LogP contribution in [0.3, 0.4) is 0 Å². The number of hydrogen-bond acceptors (Lipinski definition) is 7. The number of oxime groups is 1. The van der Waals surface area contributed by atoms with E-state index in [4.69, 9.17) is 39.6 Å². The van der Waals surface area contributed by atoms with Crippen LogP contribution in [0.5, 0.6) is 0 Å². The second-order valence-electron chi connectivity index (χ2n) is 8.80. The zero-order valence-corrected chi connectivity index (χ0v) is 20.8. The van der Waals surface area contributed by atoms with Crippen molar-refractivity contribution in [1.29, 1.82) is 0 Å². The molecule has 0 unspecified atom stereocenters. The number of rotatable bonds is 4. The maximum absolute atomic E-state index is 12.9. The number of benzene rings is 1. The topological polar surface area (TPSA) is 73.3 Å². The fourth-order valence-electron chi connectivity index (χ4n) is 4.61. The Morgan fingerprint density at radius 3 is 2.41 bits per heavy atom. The third kappa shape index (κ3) is 4.91. The number of pyridine rings is 1. The molecule has 1 spiro atoms. The molecule has 1 N–H and O–H groups in total. The fraction of sp³-hybridized carbons (Fsp3) is 0.435. The monoisotopic (exact) mass is 522 g/mol. The number of anilines is 2. The van der Waals surface area contributed by atoms with E-state index in [1.54, 1.807) is 6.20 Å². The number of piperazine rings is 1. The van der Waals surface area contributed by atoms with Crippen molar-refractivity contribution >= 4 is 57.9 Å².